The number of ether oxygens (including phenoxy) is 2. The van der Waals surface area contributed by atoms with E-state index in [-0.39, 0.29) is 0 Å². The number of benzene rings is 2. The standard InChI is InChI=1S/C23H24ClN3O2/c1-17-22-15-20(7-8-23(22)25-27(17)13-14-28-2)26-11-9-21(10-12-26)29-16-18-3-5-19(24)6-4-18/h3-11,15H,12-14,16H2,1-2H3. The average molecular weight is 410 g/mol. The van der Waals surface area contributed by atoms with Crippen LogP contribution in [0.4, 0.5) is 5.69 Å². The molecule has 0 aliphatic carbocycles. The zero-order valence-electron chi connectivity index (χ0n) is 16.6. The summed E-state index contributed by atoms with van der Waals surface area (Å²) in [7, 11) is 1.71. The zero-order chi connectivity index (χ0) is 20.2. The summed E-state index contributed by atoms with van der Waals surface area (Å²) in [5, 5.41) is 6.57. The van der Waals surface area contributed by atoms with Crippen LogP contribution in [0.5, 0.6) is 0 Å². The summed E-state index contributed by atoms with van der Waals surface area (Å²) < 4.78 is 13.1. The molecule has 0 N–H and O–H groups in total. The Bertz CT molecular complexity index is 1050. The third-order valence-electron chi connectivity index (χ3n) is 5.05. The van der Waals surface area contributed by atoms with Crippen molar-refractivity contribution in [2.75, 3.05) is 25.2 Å². The molecular formula is C23H24ClN3O2. The molecule has 0 spiro atoms. The molecule has 3 aromatic rings. The number of allylic oxidation sites excluding steroid dienone is 1. The highest BCUT2D eigenvalue weighted by Gasteiger charge is 2.12. The molecule has 0 atom stereocenters. The van der Waals surface area contributed by atoms with Crippen LogP contribution in [-0.2, 0) is 22.6 Å². The van der Waals surface area contributed by atoms with Crippen LogP contribution in [-0.4, -0.2) is 30.0 Å². The van der Waals surface area contributed by atoms with Gasteiger partial charge in [0.2, 0.25) is 0 Å². The van der Waals surface area contributed by atoms with Crippen LogP contribution in [0.3, 0.4) is 0 Å². The zero-order valence-corrected chi connectivity index (χ0v) is 17.4. The van der Waals surface area contributed by atoms with Gasteiger partial charge in [0.1, 0.15) is 12.4 Å². The molecule has 0 radical (unpaired) electrons. The molecule has 6 heteroatoms. The van der Waals surface area contributed by atoms with Crippen molar-refractivity contribution in [1.82, 2.24) is 9.78 Å². The number of anilines is 1. The van der Waals surface area contributed by atoms with E-state index < -0.39 is 0 Å². The third kappa shape index (κ3) is 4.47. The number of rotatable bonds is 7. The van der Waals surface area contributed by atoms with Gasteiger partial charge in [0.05, 0.1) is 18.7 Å². The number of methoxy groups -OCH3 is 1. The van der Waals surface area contributed by atoms with Gasteiger partial charge in [-0.3, -0.25) is 4.68 Å². The van der Waals surface area contributed by atoms with E-state index in [4.69, 9.17) is 21.1 Å². The Morgan fingerprint density at radius 2 is 1.97 bits per heavy atom. The second kappa shape index (κ2) is 8.72. The minimum Gasteiger partial charge on any atom is -0.489 e. The molecule has 1 aliphatic heterocycles. The van der Waals surface area contributed by atoms with E-state index in [9.17, 15) is 0 Å². The van der Waals surface area contributed by atoms with Crippen molar-refractivity contribution in [3.05, 3.63) is 82.9 Å². The van der Waals surface area contributed by atoms with E-state index in [1.54, 1.807) is 7.11 Å². The van der Waals surface area contributed by atoms with Gasteiger partial charge >= 0.3 is 0 Å². The minimum atomic E-state index is 0.527. The summed E-state index contributed by atoms with van der Waals surface area (Å²) in [6, 6.07) is 14.1. The van der Waals surface area contributed by atoms with E-state index in [0.717, 1.165) is 46.3 Å². The molecule has 0 amide bonds. The molecule has 2 heterocycles. The van der Waals surface area contributed by atoms with Gasteiger partial charge < -0.3 is 14.4 Å². The van der Waals surface area contributed by atoms with Crippen molar-refractivity contribution < 1.29 is 9.47 Å². The number of hydrogen-bond donors (Lipinski definition) is 0. The molecule has 0 unspecified atom stereocenters. The average Bonchev–Trinajstić information content (AvgIpc) is 3.07. The molecular weight excluding hydrogens is 386 g/mol. The molecule has 1 aromatic heterocycles. The Morgan fingerprint density at radius 3 is 2.69 bits per heavy atom. The van der Waals surface area contributed by atoms with E-state index >= 15 is 0 Å². The van der Waals surface area contributed by atoms with Crippen LogP contribution < -0.4 is 4.90 Å². The number of aromatic nitrogens is 2. The van der Waals surface area contributed by atoms with Crippen molar-refractivity contribution in [2.45, 2.75) is 20.1 Å². The number of fused-ring (bicyclic) bond motifs is 1. The fourth-order valence-electron chi connectivity index (χ4n) is 3.35. The lowest BCUT2D eigenvalue weighted by Gasteiger charge is -2.23. The van der Waals surface area contributed by atoms with Gasteiger partial charge in [-0.2, -0.15) is 5.10 Å². The highest BCUT2D eigenvalue weighted by Crippen LogP contribution is 2.26. The molecule has 1 aliphatic rings. The first-order valence-corrected chi connectivity index (χ1v) is 10.0. The number of halogens is 1. The highest BCUT2D eigenvalue weighted by molar-refractivity contribution is 6.30. The first-order valence-electron chi connectivity index (χ1n) is 9.62. The largest absolute Gasteiger partial charge is 0.489 e. The first kappa shape index (κ1) is 19.6. The Labute approximate surface area is 175 Å². The summed E-state index contributed by atoms with van der Waals surface area (Å²) in [6.07, 6.45) is 6.15. The Kier molecular flexibility index (Phi) is 5.88. The number of nitrogens with zero attached hydrogens (tertiary/aromatic N) is 3. The maximum atomic E-state index is 5.92. The summed E-state index contributed by atoms with van der Waals surface area (Å²) in [4.78, 5) is 2.19. The van der Waals surface area contributed by atoms with Crippen LogP contribution in [0.2, 0.25) is 5.02 Å². The maximum Gasteiger partial charge on any atom is 0.119 e. The lowest BCUT2D eigenvalue weighted by molar-refractivity contribution is 0.183. The predicted octanol–water partition coefficient (Wildman–Crippen LogP) is 5.08. The highest BCUT2D eigenvalue weighted by atomic mass is 35.5. The maximum absolute atomic E-state index is 5.92. The molecule has 150 valence electrons. The monoisotopic (exact) mass is 409 g/mol. The number of aryl methyl sites for hydroxylation is 1. The van der Waals surface area contributed by atoms with Gasteiger partial charge in [-0.15, -0.1) is 0 Å². The fraction of sp³-hybridized carbons (Fsp3) is 0.261. The van der Waals surface area contributed by atoms with Crippen LogP contribution in [0.25, 0.3) is 10.9 Å². The topological polar surface area (TPSA) is 39.5 Å². The number of hydrogen-bond acceptors (Lipinski definition) is 4. The summed E-state index contributed by atoms with van der Waals surface area (Å²) in [5.41, 5.74) is 4.39. The molecule has 0 bridgehead atoms. The first-order chi connectivity index (χ1) is 14.1. The van der Waals surface area contributed by atoms with Crippen molar-refractivity contribution in [2.24, 2.45) is 0 Å². The molecule has 5 nitrogen and oxygen atoms in total. The van der Waals surface area contributed by atoms with Crippen molar-refractivity contribution >= 4 is 28.2 Å². The van der Waals surface area contributed by atoms with E-state index in [0.29, 0.717) is 13.2 Å². The lowest BCUT2D eigenvalue weighted by atomic mass is 10.1. The van der Waals surface area contributed by atoms with E-state index in [2.05, 4.69) is 47.4 Å². The normalized spacial score (nSPS) is 13.8. The van der Waals surface area contributed by atoms with Crippen LogP contribution in [0, 0.1) is 6.92 Å². The summed E-state index contributed by atoms with van der Waals surface area (Å²) >= 11 is 5.92. The summed E-state index contributed by atoms with van der Waals surface area (Å²) in [6.45, 7) is 4.80. The van der Waals surface area contributed by atoms with Crippen molar-refractivity contribution in [1.29, 1.82) is 0 Å². The van der Waals surface area contributed by atoms with Gasteiger partial charge in [-0.05, 0) is 55.0 Å². The molecule has 29 heavy (non-hydrogen) atoms. The van der Waals surface area contributed by atoms with Gasteiger partial charge in [0.15, 0.2) is 0 Å². The van der Waals surface area contributed by atoms with Gasteiger partial charge in [-0.1, -0.05) is 23.7 Å². The molecule has 0 saturated heterocycles. The smallest absolute Gasteiger partial charge is 0.119 e. The van der Waals surface area contributed by atoms with Crippen LogP contribution in [0.15, 0.2) is 66.6 Å². The second-order valence-corrected chi connectivity index (χ2v) is 7.43. The van der Waals surface area contributed by atoms with Crippen LogP contribution in [0.1, 0.15) is 11.3 Å². The molecule has 0 saturated carbocycles. The SMILES string of the molecule is COCCn1nc2ccc(N3C=CC(OCc4ccc(Cl)cc4)=CC3)cc2c1C. The van der Waals surface area contributed by atoms with Crippen molar-refractivity contribution in [3.63, 3.8) is 0 Å². The van der Waals surface area contributed by atoms with Gasteiger partial charge in [-0.25, -0.2) is 0 Å². The fourth-order valence-corrected chi connectivity index (χ4v) is 3.47. The van der Waals surface area contributed by atoms with Gasteiger partial charge in [0, 0.05) is 41.6 Å². The lowest BCUT2D eigenvalue weighted by Crippen LogP contribution is -2.19. The quantitative estimate of drug-likeness (QED) is 0.545. The summed E-state index contributed by atoms with van der Waals surface area (Å²) in [5.74, 6) is 0.876. The Morgan fingerprint density at radius 1 is 1.14 bits per heavy atom. The second-order valence-electron chi connectivity index (χ2n) is 6.99. The Balaban J connectivity index is 1.42. The van der Waals surface area contributed by atoms with E-state index in [1.165, 1.54) is 5.39 Å². The van der Waals surface area contributed by atoms with Gasteiger partial charge in [0.25, 0.3) is 0 Å². The Hall–Kier alpha value is -2.76. The van der Waals surface area contributed by atoms with Crippen LogP contribution >= 0.6 is 11.6 Å². The molecule has 2 aromatic carbocycles. The predicted molar refractivity (Wildman–Crippen MR) is 117 cm³/mol. The van der Waals surface area contributed by atoms with E-state index in [1.807, 2.05) is 35.0 Å². The molecule has 0 fully saturated rings. The minimum absolute atomic E-state index is 0.527. The molecule has 4 rings (SSSR count). The third-order valence-corrected chi connectivity index (χ3v) is 5.30. The van der Waals surface area contributed by atoms with Crippen molar-refractivity contribution in [3.8, 4) is 0 Å².